The third kappa shape index (κ3) is 3.55. The molecule has 2 rings (SSSR count). The first-order valence-corrected chi connectivity index (χ1v) is 6.48. The van der Waals surface area contributed by atoms with Crippen LogP contribution < -0.4 is 10.5 Å². The summed E-state index contributed by atoms with van der Waals surface area (Å²) in [7, 11) is 0. The lowest BCUT2D eigenvalue weighted by Gasteiger charge is -2.10. The number of halogens is 1. The van der Waals surface area contributed by atoms with Crippen molar-refractivity contribution in [1.29, 1.82) is 0 Å². The Labute approximate surface area is 121 Å². The van der Waals surface area contributed by atoms with Gasteiger partial charge in [-0.05, 0) is 36.2 Å². The highest BCUT2D eigenvalue weighted by atomic mass is 19.1. The number of nitrogens with zero attached hydrogens (tertiary/aromatic N) is 1. The van der Waals surface area contributed by atoms with Gasteiger partial charge in [-0.25, -0.2) is 4.39 Å². The van der Waals surface area contributed by atoms with E-state index in [4.69, 9.17) is 10.5 Å². The second-order valence-electron chi connectivity index (χ2n) is 4.55. The highest BCUT2D eigenvalue weighted by Crippen LogP contribution is 2.32. The quantitative estimate of drug-likeness (QED) is 0.668. The summed E-state index contributed by atoms with van der Waals surface area (Å²) in [5.41, 5.74) is 6.45. The first-order chi connectivity index (χ1) is 10.0. The standard InChI is InChI=1S/C15H15FN2O3/c1-2-13(17)10-3-6-12(7-4-10)21-15-8-5-11(16)9-14(15)18(19)20/h3-9,13H,2,17H2,1H3. The molecule has 0 saturated heterocycles. The van der Waals surface area contributed by atoms with Gasteiger partial charge in [0.25, 0.3) is 0 Å². The van der Waals surface area contributed by atoms with E-state index >= 15 is 0 Å². The summed E-state index contributed by atoms with van der Waals surface area (Å²) in [5, 5.41) is 10.9. The highest BCUT2D eigenvalue weighted by Gasteiger charge is 2.17. The minimum atomic E-state index is -0.682. The van der Waals surface area contributed by atoms with Crippen LogP contribution in [0.5, 0.6) is 11.5 Å². The fourth-order valence-corrected chi connectivity index (χ4v) is 1.87. The van der Waals surface area contributed by atoms with E-state index in [9.17, 15) is 14.5 Å². The molecule has 0 aliphatic carbocycles. The van der Waals surface area contributed by atoms with Gasteiger partial charge in [-0.3, -0.25) is 10.1 Å². The first-order valence-electron chi connectivity index (χ1n) is 6.48. The van der Waals surface area contributed by atoms with E-state index in [-0.39, 0.29) is 11.8 Å². The Hall–Kier alpha value is -2.47. The first kappa shape index (κ1) is 14.9. The van der Waals surface area contributed by atoms with Crippen LogP contribution in [0.4, 0.5) is 10.1 Å². The molecule has 110 valence electrons. The van der Waals surface area contributed by atoms with Crippen LogP contribution in [0.1, 0.15) is 24.9 Å². The minimum absolute atomic E-state index is 0.00561. The number of hydrogen-bond donors (Lipinski definition) is 1. The van der Waals surface area contributed by atoms with Gasteiger partial charge in [-0.1, -0.05) is 19.1 Å². The molecule has 0 radical (unpaired) electrons. The van der Waals surface area contributed by atoms with E-state index in [0.29, 0.717) is 5.75 Å². The molecule has 0 aliphatic heterocycles. The molecule has 0 spiro atoms. The molecule has 0 aliphatic rings. The molecule has 0 amide bonds. The van der Waals surface area contributed by atoms with Crippen molar-refractivity contribution in [1.82, 2.24) is 0 Å². The fraction of sp³-hybridized carbons (Fsp3) is 0.200. The predicted molar refractivity (Wildman–Crippen MR) is 76.8 cm³/mol. The topological polar surface area (TPSA) is 78.4 Å². The lowest BCUT2D eigenvalue weighted by molar-refractivity contribution is -0.385. The van der Waals surface area contributed by atoms with Crippen molar-refractivity contribution >= 4 is 5.69 Å². The van der Waals surface area contributed by atoms with E-state index in [1.165, 1.54) is 6.07 Å². The van der Waals surface area contributed by atoms with Crippen molar-refractivity contribution in [2.24, 2.45) is 5.73 Å². The number of hydrogen-bond acceptors (Lipinski definition) is 4. The molecule has 21 heavy (non-hydrogen) atoms. The van der Waals surface area contributed by atoms with Crippen molar-refractivity contribution in [2.45, 2.75) is 19.4 Å². The summed E-state index contributed by atoms with van der Waals surface area (Å²) < 4.78 is 18.5. The van der Waals surface area contributed by atoms with Gasteiger partial charge in [-0.2, -0.15) is 0 Å². The molecule has 2 aromatic rings. The molecule has 0 fully saturated rings. The SMILES string of the molecule is CCC(N)c1ccc(Oc2ccc(F)cc2[N+](=O)[O-])cc1. The number of rotatable bonds is 5. The maximum atomic E-state index is 13.1. The molecule has 0 aromatic heterocycles. The van der Waals surface area contributed by atoms with Crippen LogP contribution in [0.2, 0.25) is 0 Å². The Morgan fingerprint density at radius 2 is 1.95 bits per heavy atom. The molecule has 1 unspecified atom stereocenters. The molecule has 0 heterocycles. The molecule has 2 aromatic carbocycles. The maximum Gasteiger partial charge on any atom is 0.314 e. The average Bonchev–Trinajstić information content (AvgIpc) is 2.49. The van der Waals surface area contributed by atoms with Crippen LogP contribution in [0, 0.1) is 15.9 Å². The molecule has 0 bridgehead atoms. The van der Waals surface area contributed by atoms with Gasteiger partial charge in [0, 0.05) is 6.04 Å². The zero-order chi connectivity index (χ0) is 15.4. The second-order valence-corrected chi connectivity index (χ2v) is 4.55. The summed E-state index contributed by atoms with van der Waals surface area (Å²) in [4.78, 5) is 10.2. The van der Waals surface area contributed by atoms with E-state index in [0.717, 1.165) is 24.1 Å². The summed E-state index contributed by atoms with van der Waals surface area (Å²) >= 11 is 0. The number of nitro groups is 1. The normalized spacial score (nSPS) is 12.0. The van der Waals surface area contributed by atoms with Crippen LogP contribution >= 0.6 is 0 Å². The van der Waals surface area contributed by atoms with E-state index in [1.54, 1.807) is 24.3 Å². The average molecular weight is 290 g/mol. The maximum absolute atomic E-state index is 13.1. The van der Waals surface area contributed by atoms with Crippen LogP contribution in [0.3, 0.4) is 0 Å². The molecule has 5 nitrogen and oxygen atoms in total. The summed E-state index contributed by atoms with van der Waals surface area (Å²) in [6, 6.07) is 10.1. The predicted octanol–water partition coefficient (Wildman–Crippen LogP) is 3.94. The molecule has 0 saturated carbocycles. The van der Waals surface area contributed by atoms with Crippen molar-refractivity contribution in [2.75, 3.05) is 0 Å². The smallest absolute Gasteiger partial charge is 0.314 e. The third-order valence-electron chi connectivity index (χ3n) is 3.09. The van der Waals surface area contributed by atoms with Crippen LogP contribution in [-0.4, -0.2) is 4.92 Å². The molecule has 2 N–H and O–H groups in total. The number of benzene rings is 2. The lowest BCUT2D eigenvalue weighted by atomic mass is 10.1. The highest BCUT2D eigenvalue weighted by molar-refractivity contribution is 5.48. The Bertz CT molecular complexity index is 644. The zero-order valence-corrected chi connectivity index (χ0v) is 11.5. The van der Waals surface area contributed by atoms with E-state index in [1.807, 2.05) is 6.92 Å². The zero-order valence-electron chi connectivity index (χ0n) is 11.5. The van der Waals surface area contributed by atoms with Crippen LogP contribution in [0.15, 0.2) is 42.5 Å². The Kier molecular flexibility index (Phi) is 4.49. The molecular weight excluding hydrogens is 275 g/mol. The monoisotopic (exact) mass is 290 g/mol. The van der Waals surface area contributed by atoms with Gasteiger partial charge in [0.05, 0.1) is 11.0 Å². The fourth-order valence-electron chi connectivity index (χ4n) is 1.87. The Morgan fingerprint density at radius 1 is 1.29 bits per heavy atom. The van der Waals surface area contributed by atoms with E-state index in [2.05, 4.69) is 0 Å². The van der Waals surface area contributed by atoms with Crippen molar-refractivity contribution in [3.05, 3.63) is 64.0 Å². The van der Waals surface area contributed by atoms with Gasteiger partial charge in [0.1, 0.15) is 11.6 Å². The van der Waals surface area contributed by atoms with Crippen LogP contribution in [0.25, 0.3) is 0 Å². The molecule has 6 heteroatoms. The number of nitro benzene ring substituents is 1. The lowest BCUT2D eigenvalue weighted by Crippen LogP contribution is -2.08. The third-order valence-corrected chi connectivity index (χ3v) is 3.09. The van der Waals surface area contributed by atoms with Gasteiger partial charge in [-0.15, -0.1) is 0 Å². The van der Waals surface area contributed by atoms with Crippen molar-refractivity contribution in [3.8, 4) is 11.5 Å². The summed E-state index contributed by atoms with van der Waals surface area (Å²) in [5.74, 6) is -0.260. The van der Waals surface area contributed by atoms with Gasteiger partial charge < -0.3 is 10.5 Å². The summed E-state index contributed by atoms with van der Waals surface area (Å²) in [6.07, 6.45) is 0.809. The van der Waals surface area contributed by atoms with Gasteiger partial charge in [0.15, 0.2) is 0 Å². The molecule has 1 atom stereocenters. The van der Waals surface area contributed by atoms with Gasteiger partial charge >= 0.3 is 5.69 Å². The van der Waals surface area contributed by atoms with E-state index < -0.39 is 16.4 Å². The van der Waals surface area contributed by atoms with Crippen molar-refractivity contribution in [3.63, 3.8) is 0 Å². The van der Waals surface area contributed by atoms with Gasteiger partial charge in [0.2, 0.25) is 5.75 Å². The van der Waals surface area contributed by atoms with Crippen molar-refractivity contribution < 1.29 is 14.1 Å². The minimum Gasteiger partial charge on any atom is -0.450 e. The van der Waals surface area contributed by atoms with Crippen LogP contribution in [-0.2, 0) is 0 Å². The Balaban J connectivity index is 2.24. The second kappa shape index (κ2) is 6.32. The Morgan fingerprint density at radius 3 is 2.52 bits per heavy atom. The molecular formula is C15H15FN2O3. The number of nitrogens with two attached hydrogens (primary N) is 1. The summed E-state index contributed by atoms with van der Waals surface area (Å²) in [6.45, 7) is 1.98. The largest absolute Gasteiger partial charge is 0.450 e. The number of ether oxygens (including phenoxy) is 1.